The predicted molar refractivity (Wildman–Crippen MR) is 78.9 cm³/mol. The first kappa shape index (κ1) is 14.8. The minimum absolute atomic E-state index is 0.205. The van der Waals surface area contributed by atoms with Crippen molar-refractivity contribution < 1.29 is 4.39 Å². The van der Waals surface area contributed by atoms with Crippen molar-refractivity contribution in [2.24, 2.45) is 11.8 Å². The first-order valence-electron chi connectivity index (χ1n) is 7.30. The minimum atomic E-state index is -0.314. The van der Waals surface area contributed by atoms with Crippen LogP contribution in [0.4, 0.5) is 4.39 Å². The van der Waals surface area contributed by atoms with Gasteiger partial charge >= 0.3 is 0 Å². The fourth-order valence-corrected chi connectivity index (χ4v) is 3.22. The third-order valence-corrected chi connectivity index (χ3v) is 4.57. The summed E-state index contributed by atoms with van der Waals surface area (Å²) >= 11 is 5.77. The Morgan fingerprint density at radius 3 is 2.58 bits per heavy atom. The van der Waals surface area contributed by atoms with Crippen LogP contribution in [0, 0.1) is 17.7 Å². The lowest BCUT2D eigenvalue weighted by atomic mass is 9.77. The Labute approximate surface area is 120 Å². The quantitative estimate of drug-likeness (QED) is 0.824. The lowest BCUT2D eigenvalue weighted by molar-refractivity contribution is 0.233. The van der Waals surface area contributed by atoms with Crippen LogP contribution in [0.1, 0.15) is 51.1 Å². The molecule has 19 heavy (non-hydrogen) atoms. The van der Waals surface area contributed by atoms with Crippen LogP contribution < -0.4 is 5.32 Å². The number of halogens is 2. The smallest absolute Gasteiger partial charge is 0.142 e. The van der Waals surface area contributed by atoms with Crippen molar-refractivity contribution in [3.8, 4) is 0 Å². The summed E-state index contributed by atoms with van der Waals surface area (Å²) in [7, 11) is 0. The predicted octanol–water partition coefficient (Wildman–Crippen LogP) is 4.96. The second kappa shape index (κ2) is 6.71. The summed E-state index contributed by atoms with van der Waals surface area (Å²) in [6.07, 6.45) is 5.01. The van der Waals surface area contributed by atoms with E-state index in [4.69, 9.17) is 11.6 Å². The molecule has 1 unspecified atom stereocenters. The summed E-state index contributed by atoms with van der Waals surface area (Å²) < 4.78 is 13.6. The standard InChI is InChI=1S/C16H23ClFN/c1-3-19-16(12-6-4-11(2)5-7-12)13-8-9-14(17)15(18)10-13/h8-12,16,19H,3-7H2,1-2H3. The Balaban J connectivity index is 2.16. The van der Waals surface area contributed by atoms with Gasteiger partial charge in [-0.1, -0.05) is 44.4 Å². The minimum Gasteiger partial charge on any atom is -0.310 e. The first-order chi connectivity index (χ1) is 9.11. The normalized spacial score (nSPS) is 25.3. The van der Waals surface area contributed by atoms with Gasteiger partial charge in [0.1, 0.15) is 5.82 Å². The molecule has 0 aliphatic heterocycles. The average Bonchev–Trinajstić information content (AvgIpc) is 2.41. The number of benzene rings is 1. The second-order valence-electron chi connectivity index (χ2n) is 5.73. The van der Waals surface area contributed by atoms with E-state index >= 15 is 0 Å². The van der Waals surface area contributed by atoms with Crippen molar-refractivity contribution in [1.29, 1.82) is 0 Å². The Morgan fingerprint density at radius 2 is 2.00 bits per heavy atom. The molecule has 0 aromatic heterocycles. The molecule has 0 saturated heterocycles. The topological polar surface area (TPSA) is 12.0 Å². The molecule has 2 rings (SSSR count). The molecule has 0 heterocycles. The van der Waals surface area contributed by atoms with Gasteiger partial charge in [-0.25, -0.2) is 4.39 Å². The molecule has 1 aromatic rings. The Bertz CT molecular complexity index is 413. The van der Waals surface area contributed by atoms with Crippen LogP contribution in [-0.2, 0) is 0 Å². The van der Waals surface area contributed by atoms with Crippen molar-refractivity contribution in [2.75, 3.05) is 6.54 Å². The maximum atomic E-state index is 13.6. The van der Waals surface area contributed by atoms with Crippen LogP contribution in [0.25, 0.3) is 0 Å². The molecule has 1 aliphatic carbocycles. The van der Waals surface area contributed by atoms with Crippen LogP contribution in [0.15, 0.2) is 18.2 Å². The Hall–Kier alpha value is -0.600. The zero-order valence-electron chi connectivity index (χ0n) is 11.8. The van der Waals surface area contributed by atoms with Crippen LogP contribution in [0.3, 0.4) is 0 Å². The molecule has 1 N–H and O–H groups in total. The van der Waals surface area contributed by atoms with Crippen LogP contribution in [0.2, 0.25) is 5.02 Å². The summed E-state index contributed by atoms with van der Waals surface area (Å²) in [5.74, 6) is 1.13. The van der Waals surface area contributed by atoms with Crippen molar-refractivity contribution in [3.63, 3.8) is 0 Å². The van der Waals surface area contributed by atoms with Gasteiger partial charge in [0.05, 0.1) is 5.02 Å². The zero-order valence-corrected chi connectivity index (χ0v) is 12.5. The van der Waals surface area contributed by atoms with Gasteiger partial charge in [-0.2, -0.15) is 0 Å². The van der Waals surface area contributed by atoms with E-state index in [9.17, 15) is 4.39 Å². The van der Waals surface area contributed by atoms with E-state index in [1.807, 2.05) is 6.07 Å². The summed E-state index contributed by atoms with van der Waals surface area (Å²) in [5.41, 5.74) is 1.03. The van der Waals surface area contributed by atoms with E-state index in [1.165, 1.54) is 25.7 Å². The molecular weight excluding hydrogens is 261 g/mol. The Kier molecular flexibility index (Phi) is 5.23. The van der Waals surface area contributed by atoms with Crippen LogP contribution in [0.5, 0.6) is 0 Å². The van der Waals surface area contributed by atoms with E-state index in [1.54, 1.807) is 12.1 Å². The van der Waals surface area contributed by atoms with Crippen LogP contribution >= 0.6 is 11.6 Å². The van der Waals surface area contributed by atoms with Crippen molar-refractivity contribution in [2.45, 2.75) is 45.6 Å². The van der Waals surface area contributed by atoms with Gasteiger partial charge in [-0.3, -0.25) is 0 Å². The highest BCUT2D eigenvalue weighted by molar-refractivity contribution is 6.30. The van der Waals surface area contributed by atoms with Gasteiger partial charge in [-0.05, 0) is 48.9 Å². The third kappa shape index (κ3) is 3.70. The highest BCUT2D eigenvalue weighted by Gasteiger charge is 2.27. The summed E-state index contributed by atoms with van der Waals surface area (Å²) in [6, 6.07) is 5.47. The van der Waals surface area contributed by atoms with E-state index in [-0.39, 0.29) is 16.9 Å². The molecule has 1 fully saturated rings. The van der Waals surface area contributed by atoms with Gasteiger partial charge in [-0.15, -0.1) is 0 Å². The molecule has 1 aliphatic rings. The second-order valence-corrected chi connectivity index (χ2v) is 6.14. The van der Waals surface area contributed by atoms with E-state index < -0.39 is 0 Å². The number of nitrogens with one attached hydrogen (secondary N) is 1. The molecule has 0 amide bonds. The maximum Gasteiger partial charge on any atom is 0.142 e. The fourth-order valence-electron chi connectivity index (χ4n) is 3.10. The molecule has 1 atom stereocenters. The van der Waals surface area contributed by atoms with Gasteiger partial charge in [0.2, 0.25) is 0 Å². The fraction of sp³-hybridized carbons (Fsp3) is 0.625. The molecule has 1 saturated carbocycles. The van der Waals surface area contributed by atoms with Gasteiger partial charge in [0.15, 0.2) is 0 Å². The van der Waals surface area contributed by atoms with Crippen molar-refractivity contribution in [1.82, 2.24) is 5.32 Å². The molecular formula is C16H23ClFN. The van der Waals surface area contributed by atoms with E-state index in [2.05, 4.69) is 19.2 Å². The largest absolute Gasteiger partial charge is 0.310 e. The highest BCUT2D eigenvalue weighted by atomic mass is 35.5. The molecule has 106 valence electrons. The first-order valence-corrected chi connectivity index (χ1v) is 7.68. The monoisotopic (exact) mass is 283 g/mol. The average molecular weight is 284 g/mol. The summed E-state index contributed by atoms with van der Waals surface area (Å²) in [5, 5.41) is 3.73. The van der Waals surface area contributed by atoms with Crippen LogP contribution in [-0.4, -0.2) is 6.54 Å². The van der Waals surface area contributed by atoms with E-state index in [0.29, 0.717) is 5.92 Å². The third-order valence-electron chi connectivity index (χ3n) is 4.26. The molecule has 0 spiro atoms. The van der Waals surface area contributed by atoms with E-state index in [0.717, 1.165) is 18.0 Å². The lowest BCUT2D eigenvalue weighted by Crippen LogP contribution is -2.30. The van der Waals surface area contributed by atoms with Gasteiger partial charge in [0, 0.05) is 6.04 Å². The number of rotatable bonds is 4. The summed E-state index contributed by atoms with van der Waals surface area (Å²) in [6.45, 7) is 5.33. The maximum absolute atomic E-state index is 13.6. The molecule has 0 radical (unpaired) electrons. The molecule has 1 nitrogen and oxygen atoms in total. The molecule has 0 bridgehead atoms. The van der Waals surface area contributed by atoms with Gasteiger partial charge < -0.3 is 5.32 Å². The van der Waals surface area contributed by atoms with Crippen molar-refractivity contribution >= 4 is 11.6 Å². The van der Waals surface area contributed by atoms with Gasteiger partial charge in [0.25, 0.3) is 0 Å². The molecule has 3 heteroatoms. The SMILES string of the molecule is CCNC(c1ccc(Cl)c(F)c1)C1CCC(C)CC1. The Morgan fingerprint density at radius 1 is 1.32 bits per heavy atom. The lowest BCUT2D eigenvalue weighted by Gasteiger charge is -2.33. The number of hydrogen-bond donors (Lipinski definition) is 1. The summed E-state index contributed by atoms with van der Waals surface area (Å²) in [4.78, 5) is 0. The number of hydrogen-bond acceptors (Lipinski definition) is 1. The van der Waals surface area contributed by atoms with Crippen molar-refractivity contribution in [3.05, 3.63) is 34.6 Å². The molecule has 1 aromatic carbocycles. The highest BCUT2D eigenvalue weighted by Crippen LogP contribution is 2.37. The zero-order chi connectivity index (χ0) is 13.8.